The average Bonchev–Trinajstić information content (AvgIpc) is 3.01. The van der Waals surface area contributed by atoms with Gasteiger partial charge in [-0.2, -0.15) is 0 Å². The van der Waals surface area contributed by atoms with Gasteiger partial charge < -0.3 is 15.5 Å². The average molecular weight is 380 g/mol. The van der Waals surface area contributed by atoms with Gasteiger partial charge in [0.1, 0.15) is 29.6 Å². The summed E-state index contributed by atoms with van der Waals surface area (Å²) in [4.78, 5) is 20.0. The minimum absolute atomic E-state index is 0.0427. The molecule has 0 spiro atoms. The molecule has 0 saturated carbocycles. The maximum atomic E-state index is 14.7. The van der Waals surface area contributed by atoms with Gasteiger partial charge in [-0.05, 0) is 32.0 Å². The minimum atomic E-state index is -2.11. The normalized spacial score (nSPS) is 27.9. The van der Waals surface area contributed by atoms with Gasteiger partial charge in [0.25, 0.3) is 5.91 Å². The number of aliphatic imine (C=N–C) groups is 1. The lowest BCUT2D eigenvalue weighted by molar-refractivity contribution is 0.102. The van der Waals surface area contributed by atoms with E-state index in [1.165, 1.54) is 25.3 Å². The number of rotatable bonds is 3. The van der Waals surface area contributed by atoms with E-state index >= 15 is 0 Å². The van der Waals surface area contributed by atoms with Gasteiger partial charge in [0, 0.05) is 24.6 Å². The van der Waals surface area contributed by atoms with Crippen molar-refractivity contribution >= 4 is 17.4 Å². The Labute approximate surface area is 153 Å². The summed E-state index contributed by atoms with van der Waals surface area (Å²) in [5.41, 5.74) is 1.92. The van der Waals surface area contributed by atoms with E-state index in [1.54, 1.807) is 6.92 Å². The van der Waals surface area contributed by atoms with E-state index in [4.69, 9.17) is 10.2 Å². The van der Waals surface area contributed by atoms with E-state index in [2.05, 4.69) is 15.3 Å². The Balaban J connectivity index is 1.96. The maximum Gasteiger partial charge on any atom is 0.277 e. The Morgan fingerprint density at radius 2 is 2.11 bits per heavy atom. The van der Waals surface area contributed by atoms with Gasteiger partial charge in [0.05, 0.1) is 0 Å². The molecule has 6 nitrogen and oxygen atoms in total. The molecule has 1 aliphatic rings. The Bertz CT molecular complexity index is 925. The molecule has 2 heterocycles. The van der Waals surface area contributed by atoms with Crippen molar-refractivity contribution in [2.24, 2.45) is 10.7 Å². The number of halogens is 3. The van der Waals surface area contributed by atoms with Gasteiger partial charge in [0.15, 0.2) is 17.3 Å². The summed E-state index contributed by atoms with van der Waals surface area (Å²) >= 11 is 0. The van der Waals surface area contributed by atoms with Crippen molar-refractivity contribution in [2.45, 2.75) is 44.6 Å². The fourth-order valence-corrected chi connectivity index (χ4v) is 2.96. The topological polar surface area (TPSA) is 93.5 Å². The summed E-state index contributed by atoms with van der Waals surface area (Å²) in [6.45, 7) is 4.05. The summed E-state index contributed by atoms with van der Waals surface area (Å²) in [5.74, 6) is -1.40. The second-order valence-corrected chi connectivity index (χ2v) is 6.91. The number of nitrogens with two attached hydrogens (primary N) is 1. The summed E-state index contributed by atoms with van der Waals surface area (Å²) < 4.78 is 48.4. The first kappa shape index (κ1) is 18.9. The summed E-state index contributed by atoms with van der Waals surface area (Å²) in [5, 5.41) is 2.53. The van der Waals surface area contributed by atoms with E-state index in [9.17, 15) is 18.0 Å². The van der Waals surface area contributed by atoms with E-state index in [1.807, 2.05) is 0 Å². The van der Waals surface area contributed by atoms with Crippen LogP contribution in [0.1, 0.15) is 42.2 Å². The van der Waals surface area contributed by atoms with Crippen LogP contribution in [0.25, 0.3) is 0 Å². The van der Waals surface area contributed by atoms with Gasteiger partial charge in [-0.15, -0.1) is 0 Å². The highest BCUT2D eigenvalue weighted by Gasteiger charge is 2.49. The van der Waals surface area contributed by atoms with Crippen molar-refractivity contribution in [3.05, 3.63) is 47.4 Å². The van der Waals surface area contributed by atoms with Crippen molar-refractivity contribution in [1.29, 1.82) is 0 Å². The number of amides is 1. The number of alkyl halides is 2. The molecular formula is C18H19F3N4O2. The van der Waals surface area contributed by atoms with Gasteiger partial charge in [-0.25, -0.2) is 18.2 Å². The molecule has 1 aromatic heterocycles. The predicted molar refractivity (Wildman–Crippen MR) is 93.6 cm³/mol. The first-order valence-corrected chi connectivity index (χ1v) is 8.25. The zero-order chi connectivity index (χ0) is 20.0. The number of hydrogen-bond donors (Lipinski definition) is 2. The Kier molecular flexibility index (Phi) is 4.49. The quantitative estimate of drug-likeness (QED) is 0.853. The van der Waals surface area contributed by atoms with E-state index in [0.717, 1.165) is 13.0 Å². The molecule has 0 unspecified atom stereocenters. The van der Waals surface area contributed by atoms with Crippen LogP contribution in [0.3, 0.4) is 0 Å². The SMILES string of the molecule is Cc1nc(C(=O)Nc2ccc(F)c([C@@]3(C)N=C(N)[C@](C)(F)C[C@@H]3F)c2)co1. The monoisotopic (exact) mass is 380 g/mol. The fourth-order valence-electron chi connectivity index (χ4n) is 2.96. The van der Waals surface area contributed by atoms with E-state index < -0.39 is 41.4 Å². The number of anilines is 1. The number of carbonyl (C=O) groups excluding carboxylic acids is 1. The lowest BCUT2D eigenvalue weighted by Crippen LogP contribution is -2.51. The predicted octanol–water partition coefficient (Wildman–Crippen LogP) is 3.42. The molecule has 3 rings (SSSR count). The molecule has 0 bridgehead atoms. The molecule has 0 radical (unpaired) electrons. The van der Waals surface area contributed by atoms with Crippen LogP contribution in [0.4, 0.5) is 18.9 Å². The van der Waals surface area contributed by atoms with Crippen molar-refractivity contribution in [3.8, 4) is 0 Å². The van der Waals surface area contributed by atoms with Crippen LogP contribution >= 0.6 is 0 Å². The molecule has 0 aliphatic carbocycles. The number of aromatic nitrogens is 1. The largest absolute Gasteiger partial charge is 0.448 e. The zero-order valence-corrected chi connectivity index (χ0v) is 15.0. The first-order chi connectivity index (χ1) is 12.5. The summed E-state index contributed by atoms with van der Waals surface area (Å²) in [6.07, 6.45) is -1.17. The number of nitrogens with zero attached hydrogens (tertiary/aromatic N) is 2. The molecule has 3 atom stereocenters. The Morgan fingerprint density at radius 1 is 1.41 bits per heavy atom. The third-order valence-electron chi connectivity index (χ3n) is 4.68. The molecule has 144 valence electrons. The highest BCUT2D eigenvalue weighted by molar-refractivity contribution is 6.02. The second kappa shape index (κ2) is 6.40. The van der Waals surface area contributed by atoms with Crippen molar-refractivity contribution in [2.75, 3.05) is 5.32 Å². The van der Waals surface area contributed by atoms with Crippen LogP contribution < -0.4 is 11.1 Å². The molecule has 27 heavy (non-hydrogen) atoms. The van der Waals surface area contributed by atoms with Crippen molar-refractivity contribution < 1.29 is 22.4 Å². The molecule has 9 heteroatoms. The zero-order valence-electron chi connectivity index (χ0n) is 15.0. The standard InChI is InChI=1S/C18H19F3N4O2/c1-9-23-13(8-27-9)15(26)24-10-4-5-12(19)11(6-10)18(3)14(20)7-17(2,21)16(22)25-18/h4-6,8,14H,7H2,1-3H3,(H2,22,25)(H,24,26)/t14-,17+,18+/m0/s1. The van der Waals surface area contributed by atoms with Crippen molar-refractivity contribution in [1.82, 2.24) is 4.98 Å². The smallest absolute Gasteiger partial charge is 0.277 e. The lowest BCUT2D eigenvalue weighted by Gasteiger charge is -2.38. The number of hydrogen-bond acceptors (Lipinski definition) is 5. The molecule has 1 amide bonds. The molecule has 0 fully saturated rings. The van der Waals surface area contributed by atoms with Gasteiger partial charge >= 0.3 is 0 Å². The molecule has 2 aromatic rings. The highest BCUT2D eigenvalue weighted by Crippen LogP contribution is 2.42. The van der Waals surface area contributed by atoms with Crippen molar-refractivity contribution in [3.63, 3.8) is 0 Å². The van der Waals surface area contributed by atoms with Crippen LogP contribution in [0.5, 0.6) is 0 Å². The molecule has 1 aromatic carbocycles. The van der Waals surface area contributed by atoms with Crippen LogP contribution in [0, 0.1) is 12.7 Å². The van der Waals surface area contributed by atoms with Crippen LogP contribution in [0.2, 0.25) is 0 Å². The molecule has 0 saturated heterocycles. The third-order valence-corrected chi connectivity index (χ3v) is 4.68. The number of oxazole rings is 1. The summed E-state index contributed by atoms with van der Waals surface area (Å²) in [7, 11) is 0. The van der Waals surface area contributed by atoms with Crippen LogP contribution in [0.15, 0.2) is 33.9 Å². The maximum absolute atomic E-state index is 14.7. The fraction of sp³-hybridized carbons (Fsp3) is 0.389. The molecular weight excluding hydrogens is 361 g/mol. The lowest BCUT2D eigenvalue weighted by atomic mass is 9.79. The second-order valence-electron chi connectivity index (χ2n) is 6.91. The number of amidine groups is 1. The highest BCUT2D eigenvalue weighted by atomic mass is 19.2. The van der Waals surface area contributed by atoms with Gasteiger partial charge in [-0.3, -0.25) is 9.79 Å². The number of carbonyl (C=O) groups is 1. The van der Waals surface area contributed by atoms with Gasteiger partial charge in [0.2, 0.25) is 0 Å². The Hall–Kier alpha value is -2.84. The molecule has 1 aliphatic heterocycles. The number of nitrogens with one attached hydrogen (secondary N) is 1. The number of benzene rings is 1. The molecule has 3 N–H and O–H groups in total. The number of aryl methyl sites for hydroxylation is 1. The minimum Gasteiger partial charge on any atom is -0.448 e. The van der Waals surface area contributed by atoms with Crippen LogP contribution in [-0.4, -0.2) is 28.6 Å². The van der Waals surface area contributed by atoms with Gasteiger partial charge in [-0.1, -0.05) is 0 Å². The Morgan fingerprint density at radius 3 is 2.74 bits per heavy atom. The van der Waals surface area contributed by atoms with E-state index in [-0.39, 0.29) is 16.9 Å². The summed E-state index contributed by atoms with van der Waals surface area (Å²) in [6, 6.07) is 3.64. The van der Waals surface area contributed by atoms with E-state index in [0.29, 0.717) is 5.89 Å². The van der Waals surface area contributed by atoms with Crippen LogP contribution in [-0.2, 0) is 5.54 Å². The first-order valence-electron chi connectivity index (χ1n) is 8.25. The third kappa shape index (κ3) is 3.41.